The van der Waals surface area contributed by atoms with Gasteiger partial charge in [0.15, 0.2) is 0 Å². The quantitative estimate of drug-likeness (QED) is 0.290. The number of benzene rings is 2. The lowest BCUT2D eigenvalue weighted by atomic mass is 9.84. The molecule has 1 aliphatic carbocycles. The molecule has 0 amide bonds. The molecule has 1 aliphatic rings. The van der Waals surface area contributed by atoms with Crippen molar-refractivity contribution in [1.29, 1.82) is 0 Å². The Morgan fingerprint density at radius 1 is 0.806 bits per heavy atom. The highest BCUT2D eigenvalue weighted by Gasteiger charge is 2.15. The summed E-state index contributed by atoms with van der Waals surface area (Å²) < 4.78 is 5.50. The topological polar surface area (TPSA) is 9.23 Å². The summed E-state index contributed by atoms with van der Waals surface area (Å²) in [5, 5.41) is 0. The first kappa shape index (κ1) is 33.3. The van der Waals surface area contributed by atoms with E-state index < -0.39 is 0 Å². The third kappa shape index (κ3) is 14.6. The Hall–Kier alpha value is -2.72. The van der Waals surface area contributed by atoms with Crippen LogP contribution in [0.2, 0.25) is 0 Å². The Balaban J connectivity index is 0.000000683. The fraction of sp³-hybridized carbons (Fsp3) is 0.486. The monoisotopic (exact) mass is 488 g/mol. The van der Waals surface area contributed by atoms with Gasteiger partial charge in [0, 0.05) is 0 Å². The summed E-state index contributed by atoms with van der Waals surface area (Å²) in [5.74, 6) is 7.09. The molecule has 0 atom stereocenters. The molecular weight excluding hydrogens is 436 g/mol. The number of hydrogen-bond donors (Lipinski definition) is 0. The van der Waals surface area contributed by atoms with Crippen molar-refractivity contribution < 1.29 is 4.74 Å². The standard InChI is InChI=1S/C20H24O.C9H16.C4H6.C2H6/c1-2-21-20-14-12-19(13-15-20)18-10-8-17(9-11-18)16-6-4-3-5-7-16;1-5-6-9(4)7-8(2)3;1-3-4-2;1-2/h8-16H,2-7H2,1H3;6-7H,5H2,1-4H3;1-2H3;1-2H3/b;9-6-;;. The summed E-state index contributed by atoms with van der Waals surface area (Å²) in [7, 11) is 0. The van der Waals surface area contributed by atoms with Gasteiger partial charge in [-0.2, -0.15) is 0 Å². The van der Waals surface area contributed by atoms with Crippen molar-refractivity contribution in [1.82, 2.24) is 0 Å². The minimum absolute atomic E-state index is 0.718. The van der Waals surface area contributed by atoms with Gasteiger partial charge >= 0.3 is 0 Å². The molecule has 2 aromatic carbocycles. The third-order valence-electron chi connectivity index (χ3n) is 5.78. The van der Waals surface area contributed by atoms with Crippen LogP contribution in [-0.4, -0.2) is 6.61 Å². The van der Waals surface area contributed by atoms with Gasteiger partial charge in [-0.05, 0) is 95.5 Å². The molecule has 1 heteroatoms. The minimum atomic E-state index is 0.718. The minimum Gasteiger partial charge on any atom is -0.494 e. The van der Waals surface area contributed by atoms with E-state index in [-0.39, 0.29) is 0 Å². The van der Waals surface area contributed by atoms with E-state index in [1.54, 1.807) is 0 Å². The van der Waals surface area contributed by atoms with E-state index in [1.807, 2.05) is 46.8 Å². The molecule has 0 radical (unpaired) electrons. The number of hydrogen-bond acceptors (Lipinski definition) is 1. The summed E-state index contributed by atoms with van der Waals surface area (Å²) in [4.78, 5) is 0. The molecule has 1 fully saturated rings. The molecule has 2 aromatic rings. The van der Waals surface area contributed by atoms with Crippen LogP contribution < -0.4 is 4.74 Å². The molecule has 0 bridgehead atoms. The number of rotatable bonds is 6. The van der Waals surface area contributed by atoms with Crippen molar-refractivity contribution in [2.75, 3.05) is 6.61 Å². The highest BCUT2D eigenvalue weighted by molar-refractivity contribution is 5.64. The van der Waals surface area contributed by atoms with Gasteiger partial charge in [0.1, 0.15) is 5.75 Å². The third-order valence-corrected chi connectivity index (χ3v) is 5.78. The summed E-state index contributed by atoms with van der Waals surface area (Å²) >= 11 is 0. The predicted octanol–water partition coefficient (Wildman–Crippen LogP) is 11.2. The molecule has 0 N–H and O–H groups in total. The van der Waals surface area contributed by atoms with Gasteiger partial charge in [-0.1, -0.05) is 99.7 Å². The van der Waals surface area contributed by atoms with E-state index in [0.29, 0.717) is 0 Å². The van der Waals surface area contributed by atoms with E-state index in [2.05, 4.69) is 88.1 Å². The first-order valence-corrected chi connectivity index (χ1v) is 13.9. The zero-order valence-electron chi connectivity index (χ0n) is 24.7. The normalized spacial score (nSPS) is 12.6. The van der Waals surface area contributed by atoms with Crippen molar-refractivity contribution >= 4 is 0 Å². The summed E-state index contributed by atoms with van der Waals surface area (Å²) in [6.07, 6.45) is 12.5. The molecule has 0 heterocycles. The Bertz CT molecular complexity index is 901. The van der Waals surface area contributed by atoms with Crippen molar-refractivity contribution in [3.63, 3.8) is 0 Å². The van der Waals surface area contributed by atoms with Crippen LogP contribution in [-0.2, 0) is 0 Å². The SMILES string of the molecule is CC.CC#CC.CC/C=C(/C)C=C(C)C.CCOc1ccc(-c2ccc(C3CCCCC3)cc2)cc1. The van der Waals surface area contributed by atoms with E-state index in [9.17, 15) is 0 Å². The van der Waals surface area contributed by atoms with Gasteiger partial charge in [0.25, 0.3) is 0 Å². The van der Waals surface area contributed by atoms with Gasteiger partial charge in [-0.3, -0.25) is 0 Å². The smallest absolute Gasteiger partial charge is 0.119 e. The highest BCUT2D eigenvalue weighted by atomic mass is 16.5. The molecule has 0 spiro atoms. The van der Waals surface area contributed by atoms with Crippen LogP contribution >= 0.6 is 0 Å². The summed E-state index contributed by atoms with van der Waals surface area (Å²) in [5.41, 5.74) is 6.81. The van der Waals surface area contributed by atoms with Crippen LogP contribution in [0.25, 0.3) is 11.1 Å². The molecule has 0 aliphatic heterocycles. The van der Waals surface area contributed by atoms with Gasteiger partial charge in [0.05, 0.1) is 6.61 Å². The van der Waals surface area contributed by atoms with Crippen LogP contribution in [0.5, 0.6) is 5.75 Å². The highest BCUT2D eigenvalue weighted by Crippen LogP contribution is 2.33. The van der Waals surface area contributed by atoms with Crippen molar-refractivity contribution in [2.45, 2.75) is 107 Å². The fourth-order valence-electron chi connectivity index (χ4n) is 4.13. The lowest BCUT2D eigenvalue weighted by Crippen LogP contribution is -2.04. The Morgan fingerprint density at radius 2 is 1.31 bits per heavy atom. The van der Waals surface area contributed by atoms with E-state index in [0.717, 1.165) is 24.7 Å². The maximum atomic E-state index is 5.50. The van der Waals surface area contributed by atoms with Crippen molar-refractivity contribution in [3.8, 4) is 28.7 Å². The Kier molecular flexibility index (Phi) is 19.9. The molecule has 1 nitrogen and oxygen atoms in total. The molecular formula is C35H52O. The second-order valence-electron chi connectivity index (χ2n) is 8.99. The Labute approximate surface area is 224 Å². The number of allylic oxidation sites excluding steroid dienone is 4. The second kappa shape index (κ2) is 21.6. The zero-order chi connectivity index (χ0) is 27.2. The molecule has 36 heavy (non-hydrogen) atoms. The molecule has 0 aromatic heterocycles. The maximum absolute atomic E-state index is 5.50. The van der Waals surface area contributed by atoms with E-state index in [1.165, 1.54) is 59.9 Å². The average Bonchev–Trinajstić information content (AvgIpc) is 2.91. The summed E-state index contributed by atoms with van der Waals surface area (Å²) in [6, 6.07) is 17.5. The average molecular weight is 489 g/mol. The van der Waals surface area contributed by atoms with Crippen molar-refractivity contribution in [2.24, 2.45) is 0 Å². The molecule has 198 valence electrons. The Morgan fingerprint density at radius 3 is 1.72 bits per heavy atom. The van der Waals surface area contributed by atoms with E-state index in [4.69, 9.17) is 4.74 Å². The lowest BCUT2D eigenvalue weighted by Gasteiger charge is -2.22. The lowest BCUT2D eigenvalue weighted by molar-refractivity contribution is 0.340. The van der Waals surface area contributed by atoms with Gasteiger partial charge in [-0.15, -0.1) is 11.8 Å². The molecule has 0 unspecified atom stereocenters. The van der Waals surface area contributed by atoms with Gasteiger partial charge < -0.3 is 4.74 Å². The fourth-order valence-corrected chi connectivity index (χ4v) is 4.13. The van der Waals surface area contributed by atoms with Crippen LogP contribution in [0, 0.1) is 11.8 Å². The van der Waals surface area contributed by atoms with Crippen LogP contribution in [0.15, 0.2) is 71.8 Å². The second-order valence-corrected chi connectivity index (χ2v) is 8.99. The van der Waals surface area contributed by atoms with Gasteiger partial charge in [-0.25, -0.2) is 0 Å². The first-order chi connectivity index (χ1) is 17.4. The maximum Gasteiger partial charge on any atom is 0.119 e. The summed E-state index contributed by atoms with van der Waals surface area (Å²) in [6.45, 7) is 18.9. The van der Waals surface area contributed by atoms with Crippen LogP contribution in [0.4, 0.5) is 0 Å². The number of ether oxygens (including phenoxy) is 1. The first-order valence-electron chi connectivity index (χ1n) is 13.9. The molecule has 1 saturated carbocycles. The zero-order valence-corrected chi connectivity index (χ0v) is 24.7. The van der Waals surface area contributed by atoms with Crippen LogP contribution in [0.1, 0.15) is 112 Å². The van der Waals surface area contributed by atoms with Gasteiger partial charge in [0.2, 0.25) is 0 Å². The van der Waals surface area contributed by atoms with E-state index >= 15 is 0 Å². The molecule has 3 rings (SSSR count). The predicted molar refractivity (Wildman–Crippen MR) is 163 cm³/mol. The van der Waals surface area contributed by atoms with Crippen LogP contribution in [0.3, 0.4) is 0 Å². The van der Waals surface area contributed by atoms with Crippen molar-refractivity contribution in [3.05, 3.63) is 77.4 Å². The largest absolute Gasteiger partial charge is 0.494 e. The molecule has 0 saturated heterocycles.